The van der Waals surface area contributed by atoms with Crippen LogP contribution in [0.25, 0.3) is 16.9 Å². The molecule has 0 N–H and O–H groups in total. The fourth-order valence-electron chi connectivity index (χ4n) is 3.22. The van der Waals surface area contributed by atoms with E-state index in [2.05, 4.69) is 49.9 Å². The monoisotopic (exact) mass is 349 g/mol. The highest BCUT2D eigenvalue weighted by Gasteiger charge is 2.51. The number of rotatable bonds is 2. The van der Waals surface area contributed by atoms with Crippen LogP contribution in [-0.2, 0) is 9.31 Å². The van der Waals surface area contributed by atoms with Crippen LogP contribution in [0.2, 0.25) is 0 Å². The van der Waals surface area contributed by atoms with E-state index in [1.807, 2.05) is 42.6 Å². The van der Waals surface area contributed by atoms with Crippen molar-refractivity contribution in [2.45, 2.75) is 52.7 Å². The molecule has 0 radical (unpaired) electrons. The lowest BCUT2D eigenvalue weighted by molar-refractivity contribution is 0.00578. The Morgan fingerprint density at radius 2 is 1.54 bits per heavy atom. The summed E-state index contributed by atoms with van der Waals surface area (Å²) in [7, 11) is -0.346. The Bertz CT molecular complexity index is 961. The molecule has 26 heavy (non-hydrogen) atoms. The predicted octanol–water partition coefficient (Wildman–Crippen LogP) is 3.31. The van der Waals surface area contributed by atoms with Gasteiger partial charge in [0.1, 0.15) is 0 Å². The van der Waals surface area contributed by atoms with Gasteiger partial charge in [-0.05, 0) is 53.1 Å². The molecule has 0 unspecified atom stereocenters. The third kappa shape index (κ3) is 2.74. The maximum atomic E-state index is 6.12. The summed E-state index contributed by atoms with van der Waals surface area (Å²) in [5.74, 6) is 0. The van der Waals surface area contributed by atoms with Gasteiger partial charge in [0.15, 0.2) is 5.65 Å². The smallest absolute Gasteiger partial charge is 0.399 e. The Morgan fingerprint density at radius 1 is 0.923 bits per heavy atom. The van der Waals surface area contributed by atoms with Gasteiger partial charge in [0, 0.05) is 23.0 Å². The summed E-state index contributed by atoms with van der Waals surface area (Å²) in [6, 6.07) is 12.3. The Hall–Kier alpha value is -2.18. The van der Waals surface area contributed by atoms with Crippen molar-refractivity contribution in [3.05, 3.63) is 47.8 Å². The molecule has 0 spiro atoms. The highest BCUT2D eigenvalue weighted by Crippen LogP contribution is 2.36. The Balaban J connectivity index is 1.64. The average molecular weight is 349 g/mol. The van der Waals surface area contributed by atoms with E-state index in [1.165, 1.54) is 0 Å². The van der Waals surface area contributed by atoms with E-state index < -0.39 is 0 Å². The zero-order chi connectivity index (χ0) is 18.7. The molecule has 0 atom stereocenters. The molecule has 0 amide bonds. The summed E-state index contributed by atoms with van der Waals surface area (Å²) in [6.07, 6.45) is 0. The fourth-order valence-corrected chi connectivity index (χ4v) is 3.22. The van der Waals surface area contributed by atoms with Gasteiger partial charge in [0.2, 0.25) is 0 Å². The lowest BCUT2D eigenvalue weighted by Crippen LogP contribution is -2.41. The second kappa shape index (κ2) is 5.66. The fraction of sp³-hybridized carbons (Fsp3) is 0.400. The molecule has 0 bridgehead atoms. The summed E-state index contributed by atoms with van der Waals surface area (Å²) in [5, 5.41) is 4.69. The van der Waals surface area contributed by atoms with E-state index in [4.69, 9.17) is 9.31 Å². The SMILES string of the molecule is Cc1cc(C)n2nc(-c3ccc(B4OC(C)(C)C(C)(C)O4)cc3)cc2n1. The highest BCUT2D eigenvalue weighted by atomic mass is 16.7. The van der Waals surface area contributed by atoms with Gasteiger partial charge in [-0.25, -0.2) is 9.50 Å². The van der Waals surface area contributed by atoms with E-state index in [1.54, 1.807) is 0 Å². The van der Waals surface area contributed by atoms with Crippen LogP contribution in [0.3, 0.4) is 0 Å². The minimum atomic E-state index is -0.346. The zero-order valence-electron chi connectivity index (χ0n) is 16.2. The van der Waals surface area contributed by atoms with Crippen LogP contribution in [-0.4, -0.2) is 32.9 Å². The molecule has 4 rings (SSSR count). The summed E-state index contributed by atoms with van der Waals surface area (Å²) < 4.78 is 14.1. The molecular formula is C20H24BN3O2. The largest absolute Gasteiger partial charge is 0.494 e. The van der Waals surface area contributed by atoms with Crippen LogP contribution >= 0.6 is 0 Å². The quantitative estimate of drug-likeness (QED) is 0.666. The van der Waals surface area contributed by atoms with Gasteiger partial charge < -0.3 is 9.31 Å². The number of hydrogen-bond acceptors (Lipinski definition) is 4. The van der Waals surface area contributed by atoms with Crippen molar-refractivity contribution >= 4 is 18.2 Å². The molecule has 6 heteroatoms. The number of hydrogen-bond donors (Lipinski definition) is 0. The predicted molar refractivity (Wildman–Crippen MR) is 104 cm³/mol. The number of nitrogens with zero attached hydrogens (tertiary/aromatic N) is 3. The molecule has 1 aliphatic heterocycles. The minimum Gasteiger partial charge on any atom is -0.399 e. The minimum absolute atomic E-state index is 0.334. The van der Waals surface area contributed by atoms with Crippen molar-refractivity contribution in [1.82, 2.24) is 14.6 Å². The van der Waals surface area contributed by atoms with Crippen molar-refractivity contribution in [3.63, 3.8) is 0 Å². The van der Waals surface area contributed by atoms with Gasteiger partial charge in [-0.1, -0.05) is 24.3 Å². The lowest BCUT2D eigenvalue weighted by Gasteiger charge is -2.32. The first-order valence-electron chi connectivity index (χ1n) is 8.96. The van der Waals surface area contributed by atoms with Crippen molar-refractivity contribution in [2.75, 3.05) is 0 Å². The van der Waals surface area contributed by atoms with Gasteiger partial charge in [-0.2, -0.15) is 5.10 Å². The first kappa shape index (κ1) is 17.2. The molecule has 1 aromatic carbocycles. The standard InChI is InChI=1S/C20H24BN3O2/c1-13-11-14(2)24-18(22-13)12-17(23-24)15-7-9-16(10-8-15)21-25-19(3,4)20(5,6)26-21/h7-12H,1-6H3. The number of aromatic nitrogens is 3. The second-order valence-electron chi connectivity index (χ2n) is 8.05. The van der Waals surface area contributed by atoms with Crippen LogP contribution in [0, 0.1) is 13.8 Å². The molecule has 2 aromatic heterocycles. The van der Waals surface area contributed by atoms with Gasteiger partial charge in [0.05, 0.1) is 16.9 Å². The van der Waals surface area contributed by atoms with Crippen molar-refractivity contribution in [3.8, 4) is 11.3 Å². The van der Waals surface area contributed by atoms with Crippen LogP contribution in [0.1, 0.15) is 39.1 Å². The van der Waals surface area contributed by atoms with Gasteiger partial charge in [-0.3, -0.25) is 0 Å². The van der Waals surface area contributed by atoms with E-state index in [9.17, 15) is 0 Å². The molecular weight excluding hydrogens is 325 g/mol. The Labute approximate surface area is 154 Å². The second-order valence-corrected chi connectivity index (χ2v) is 8.05. The molecule has 3 heterocycles. The molecule has 0 saturated carbocycles. The van der Waals surface area contributed by atoms with E-state index >= 15 is 0 Å². The van der Waals surface area contributed by atoms with Gasteiger partial charge >= 0.3 is 7.12 Å². The van der Waals surface area contributed by atoms with Crippen LogP contribution in [0.4, 0.5) is 0 Å². The molecule has 1 aliphatic rings. The van der Waals surface area contributed by atoms with E-state index in [0.717, 1.165) is 33.8 Å². The Kier molecular flexibility index (Phi) is 3.76. The number of aryl methyl sites for hydroxylation is 2. The molecule has 1 fully saturated rings. The van der Waals surface area contributed by atoms with Crippen molar-refractivity contribution in [2.24, 2.45) is 0 Å². The molecule has 1 saturated heterocycles. The third-order valence-electron chi connectivity index (χ3n) is 5.47. The van der Waals surface area contributed by atoms with Crippen LogP contribution in [0.5, 0.6) is 0 Å². The maximum absolute atomic E-state index is 6.12. The summed E-state index contributed by atoms with van der Waals surface area (Å²) in [4.78, 5) is 4.56. The van der Waals surface area contributed by atoms with E-state index in [-0.39, 0.29) is 18.3 Å². The maximum Gasteiger partial charge on any atom is 0.494 e. The normalized spacial score (nSPS) is 18.6. The number of fused-ring (bicyclic) bond motifs is 1. The topological polar surface area (TPSA) is 48.7 Å². The van der Waals surface area contributed by atoms with Crippen LogP contribution < -0.4 is 5.46 Å². The summed E-state index contributed by atoms with van der Waals surface area (Å²) in [6.45, 7) is 12.3. The van der Waals surface area contributed by atoms with Crippen molar-refractivity contribution in [1.29, 1.82) is 0 Å². The molecule has 3 aromatic rings. The van der Waals surface area contributed by atoms with Crippen molar-refractivity contribution < 1.29 is 9.31 Å². The summed E-state index contributed by atoms with van der Waals surface area (Å²) >= 11 is 0. The van der Waals surface area contributed by atoms with Crippen LogP contribution in [0.15, 0.2) is 36.4 Å². The lowest BCUT2D eigenvalue weighted by atomic mass is 9.79. The Morgan fingerprint density at radius 3 is 2.15 bits per heavy atom. The van der Waals surface area contributed by atoms with E-state index in [0.29, 0.717) is 0 Å². The first-order chi connectivity index (χ1) is 12.2. The van der Waals surface area contributed by atoms with Gasteiger partial charge in [0.25, 0.3) is 0 Å². The van der Waals surface area contributed by atoms with Gasteiger partial charge in [-0.15, -0.1) is 0 Å². The first-order valence-corrected chi connectivity index (χ1v) is 8.96. The third-order valence-corrected chi connectivity index (χ3v) is 5.47. The summed E-state index contributed by atoms with van der Waals surface area (Å²) in [5.41, 5.74) is 5.25. The zero-order valence-corrected chi connectivity index (χ0v) is 16.2. The highest BCUT2D eigenvalue weighted by molar-refractivity contribution is 6.62. The molecule has 5 nitrogen and oxygen atoms in total. The average Bonchev–Trinajstić information content (AvgIpc) is 3.06. The molecule has 134 valence electrons. The molecule has 0 aliphatic carbocycles. The number of benzene rings is 1.